The van der Waals surface area contributed by atoms with E-state index in [1.807, 2.05) is 6.07 Å². The van der Waals surface area contributed by atoms with Crippen LogP contribution in [0.2, 0.25) is 0 Å². The van der Waals surface area contributed by atoms with Crippen LogP contribution in [0.5, 0.6) is 0 Å². The smallest absolute Gasteiger partial charge is 0.267 e. The van der Waals surface area contributed by atoms with Gasteiger partial charge in [-0.15, -0.1) is 0 Å². The molecule has 6 nitrogen and oxygen atoms in total. The predicted octanol–water partition coefficient (Wildman–Crippen LogP) is 0.404. The number of carbonyl (C=O) groups excluding carboxylic acids is 1. The van der Waals surface area contributed by atoms with Gasteiger partial charge in [-0.2, -0.15) is 5.26 Å². The molecule has 0 aromatic carbocycles. The van der Waals surface area contributed by atoms with Crippen molar-refractivity contribution in [2.45, 2.75) is 18.9 Å². The number of aromatic nitrogens is 1. The average molecular weight is 263 g/mol. The molecule has 0 aliphatic heterocycles. The van der Waals surface area contributed by atoms with Gasteiger partial charge in [0.05, 0.1) is 18.3 Å². The molecule has 1 aliphatic carbocycles. The van der Waals surface area contributed by atoms with Crippen molar-refractivity contribution in [1.82, 2.24) is 10.3 Å². The minimum Gasteiger partial charge on any atom is -0.389 e. The summed E-state index contributed by atoms with van der Waals surface area (Å²) in [6.07, 6.45) is 3.17. The number of hydrogen-bond donors (Lipinski definition) is 3. The number of aliphatic hydroxyl groups is 1. The van der Waals surface area contributed by atoms with Crippen LogP contribution in [-0.2, 0) is 4.74 Å². The summed E-state index contributed by atoms with van der Waals surface area (Å²) < 4.78 is 5.33. The van der Waals surface area contributed by atoms with E-state index in [1.165, 1.54) is 25.1 Å². The quantitative estimate of drug-likeness (QED) is 0.663. The van der Waals surface area contributed by atoms with Crippen LogP contribution in [0.15, 0.2) is 12.3 Å². The number of nitriles is 1. The Labute approximate surface area is 111 Å². The van der Waals surface area contributed by atoms with E-state index in [0.29, 0.717) is 23.8 Å². The standard InChI is InChI=1S/C13H17N3O3/c14-4-10-3-12(15-5-10)13(18)16-6-11(17)8-19-7-9-1-2-9/h3,5,9,11,15,17H,1-2,6-8H2,(H,16,18). The summed E-state index contributed by atoms with van der Waals surface area (Å²) >= 11 is 0. The van der Waals surface area contributed by atoms with E-state index < -0.39 is 6.10 Å². The minimum absolute atomic E-state index is 0.129. The number of hydrogen-bond acceptors (Lipinski definition) is 4. The Hall–Kier alpha value is -1.84. The van der Waals surface area contributed by atoms with Crippen molar-refractivity contribution in [2.24, 2.45) is 5.92 Å². The van der Waals surface area contributed by atoms with Crippen LogP contribution in [0, 0.1) is 17.2 Å². The minimum atomic E-state index is -0.715. The lowest BCUT2D eigenvalue weighted by Crippen LogP contribution is -2.34. The second-order valence-corrected chi connectivity index (χ2v) is 4.76. The van der Waals surface area contributed by atoms with Crippen LogP contribution in [0.4, 0.5) is 0 Å². The highest BCUT2D eigenvalue weighted by Gasteiger charge is 2.21. The third-order valence-corrected chi connectivity index (χ3v) is 2.92. The molecule has 2 rings (SSSR count). The molecule has 102 valence electrons. The summed E-state index contributed by atoms with van der Waals surface area (Å²) in [7, 11) is 0. The van der Waals surface area contributed by atoms with E-state index >= 15 is 0 Å². The van der Waals surface area contributed by atoms with Crippen LogP contribution < -0.4 is 5.32 Å². The molecule has 0 saturated heterocycles. The van der Waals surface area contributed by atoms with Gasteiger partial charge in [-0.05, 0) is 24.8 Å². The highest BCUT2D eigenvalue weighted by Crippen LogP contribution is 2.28. The molecule has 6 heteroatoms. The van der Waals surface area contributed by atoms with Crippen LogP contribution in [0.3, 0.4) is 0 Å². The summed E-state index contributed by atoms with van der Waals surface area (Å²) in [5, 5.41) is 20.8. The first-order valence-electron chi connectivity index (χ1n) is 6.31. The van der Waals surface area contributed by atoms with Crippen molar-refractivity contribution in [1.29, 1.82) is 5.26 Å². The molecule has 0 spiro atoms. The Morgan fingerprint density at radius 2 is 2.47 bits per heavy atom. The fourth-order valence-corrected chi connectivity index (χ4v) is 1.61. The van der Waals surface area contributed by atoms with Gasteiger partial charge in [-0.25, -0.2) is 0 Å². The maximum atomic E-state index is 11.7. The lowest BCUT2D eigenvalue weighted by atomic mass is 10.3. The molecule has 1 aliphatic rings. The van der Waals surface area contributed by atoms with Crippen molar-refractivity contribution in [2.75, 3.05) is 19.8 Å². The lowest BCUT2D eigenvalue weighted by Gasteiger charge is -2.11. The van der Waals surface area contributed by atoms with Gasteiger partial charge in [0, 0.05) is 19.3 Å². The number of aliphatic hydroxyl groups excluding tert-OH is 1. The zero-order chi connectivity index (χ0) is 13.7. The van der Waals surface area contributed by atoms with Gasteiger partial charge in [0.2, 0.25) is 0 Å². The summed E-state index contributed by atoms with van der Waals surface area (Å²) in [4.78, 5) is 14.4. The molecule has 1 atom stereocenters. The van der Waals surface area contributed by atoms with Gasteiger partial charge in [0.1, 0.15) is 11.8 Å². The number of carbonyl (C=O) groups is 1. The van der Waals surface area contributed by atoms with Crippen molar-refractivity contribution in [3.8, 4) is 6.07 Å². The summed E-state index contributed by atoms with van der Waals surface area (Å²) in [5.74, 6) is 0.313. The molecule has 1 saturated carbocycles. The van der Waals surface area contributed by atoms with Gasteiger partial charge in [0.15, 0.2) is 0 Å². The first-order valence-corrected chi connectivity index (χ1v) is 6.31. The number of ether oxygens (including phenoxy) is 1. The molecule has 3 N–H and O–H groups in total. The van der Waals surface area contributed by atoms with Crippen LogP contribution >= 0.6 is 0 Å². The lowest BCUT2D eigenvalue weighted by molar-refractivity contribution is 0.0320. The molecule has 0 radical (unpaired) electrons. The number of nitrogens with one attached hydrogen (secondary N) is 2. The normalized spacial score (nSPS) is 15.8. The summed E-state index contributed by atoms with van der Waals surface area (Å²) in [6.45, 7) is 1.04. The zero-order valence-corrected chi connectivity index (χ0v) is 10.6. The summed E-state index contributed by atoms with van der Waals surface area (Å²) in [6, 6.07) is 3.39. The number of amides is 1. The molecule has 1 heterocycles. The topological polar surface area (TPSA) is 98.1 Å². The Morgan fingerprint density at radius 1 is 1.68 bits per heavy atom. The van der Waals surface area contributed by atoms with Crippen molar-refractivity contribution < 1.29 is 14.6 Å². The van der Waals surface area contributed by atoms with E-state index in [2.05, 4.69) is 10.3 Å². The Bertz CT molecular complexity index is 474. The highest BCUT2D eigenvalue weighted by molar-refractivity contribution is 5.92. The molecule has 1 aromatic rings. The van der Waals surface area contributed by atoms with Crippen LogP contribution in [0.1, 0.15) is 28.9 Å². The molecule has 19 heavy (non-hydrogen) atoms. The SMILES string of the molecule is N#Cc1c[nH]c(C(=O)NCC(O)COCC2CC2)c1. The van der Waals surface area contributed by atoms with Gasteiger partial charge in [-0.3, -0.25) is 4.79 Å². The molecular formula is C13H17N3O3. The Kier molecular flexibility index (Phi) is 4.55. The highest BCUT2D eigenvalue weighted by atomic mass is 16.5. The second kappa shape index (κ2) is 6.36. The monoisotopic (exact) mass is 263 g/mol. The maximum absolute atomic E-state index is 11.7. The third kappa shape index (κ3) is 4.39. The summed E-state index contributed by atoms with van der Waals surface area (Å²) in [5.41, 5.74) is 0.709. The molecule has 1 unspecified atom stereocenters. The van der Waals surface area contributed by atoms with Crippen LogP contribution in [-0.4, -0.2) is 41.9 Å². The Balaban J connectivity index is 1.65. The van der Waals surface area contributed by atoms with Crippen molar-refractivity contribution >= 4 is 5.91 Å². The van der Waals surface area contributed by atoms with Gasteiger partial charge < -0.3 is 20.1 Å². The van der Waals surface area contributed by atoms with Crippen molar-refractivity contribution in [3.63, 3.8) is 0 Å². The number of H-pyrrole nitrogens is 1. The van der Waals surface area contributed by atoms with E-state index in [0.717, 1.165) is 0 Å². The third-order valence-electron chi connectivity index (χ3n) is 2.92. The maximum Gasteiger partial charge on any atom is 0.267 e. The fourth-order valence-electron chi connectivity index (χ4n) is 1.61. The number of aromatic amines is 1. The first kappa shape index (κ1) is 13.6. The van der Waals surface area contributed by atoms with E-state index in [9.17, 15) is 9.90 Å². The average Bonchev–Trinajstić information content (AvgIpc) is 3.10. The molecule has 1 amide bonds. The van der Waals surface area contributed by atoms with Gasteiger partial charge >= 0.3 is 0 Å². The van der Waals surface area contributed by atoms with E-state index in [1.54, 1.807) is 0 Å². The molecular weight excluding hydrogens is 246 g/mol. The molecule has 1 fully saturated rings. The van der Waals surface area contributed by atoms with Crippen molar-refractivity contribution in [3.05, 3.63) is 23.5 Å². The second-order valence-electron chi connectivity index (χ2n) is 4.76. The first-order chi connectivity index (χ1) is 9.19. The fraction of sp³-hybridized carbons (Fsp3) is 0.538. The largest absolute Gasteiger partial charge is 0.389 e. The van der Waals surface area contributed by atoms with Gasteiger partial charge in [-0.1, -0.05) is 0 Å². The molecule has 1 aromatic heterocycles. The Morgan fingerprint density at radius 3 is 3.11 bits per heavy atom. The van der Waals surface area contributed by atoms with Crippen LogP contribution in [0.25, 0.3) is 0 Å². The predicted molar refractivity (Wildman–Crippen MR) is 67.4 cm³/mol. The zero-order valence-electron chi connectivity index (χ0n) is 10.6. The number of rotatable bonds is 7. The molecule has 0 bridgehead atoms. The van der Waals surface area contributed by atoms with E-state index in [-0.39, 0.29) is 19.1 Å². The van der Waals surface area contributed by atoms with E-state index in [4.69, 9.17) is 10.00 Å². The number of nitrogens with zero attached hydrogens (tertiary/aromatic N) is 1. The van der Waals surface area contributed by atoms with Gasteiger partial charge in [0.25, 0.3) is 5.91 Å².